The number of nitrogens with zero attached hydrogens (tertiary/aromatic N) is 2. The molecule has 1 atom stereocenters. The number of hydrogen-bond acceptors (Lipinski definition) is 4. The third-order valence-corrected chi connectivity index (χ3v) is 4.40. The van der Waals surface area contributed by atoms with Crippen LogP contribution in [0.2, 0.25) is 0 Å². The molecule has 2 rings (SSSR count). The molecular formula is C20H12F2N2O2S. The molecule has 134 valence electrons. The van der Waals surface area contributed by atoms with Gasteiger partial charge >= 0.3 is 0 Å². The number of benzene rings is 2. The molecule has 0 fully saturated rings. The Kier molecular flexibility index (Phi) is 7.01. The van der Waals surface area contributed by atoms with Crippen LogP contribution in [0.4, 0.5) is 8.78 Å². The fourth-order valence-corrected chi connectivity index (χ4v) is 2.80. The number of carbonyl (C=O) groups is 1. The smallest absolute Gasteiger partial charge is 0.205 e. The SMILES string of the molecule is N#Cc1ccc(/C=C\C(=O)C[S+]([O-])/C=C/c2ccc(C#N)cc2F)c(F)c1. The lowest BCUT2D eigenvalue weighted by molar-refractivity contribution is -0.112. The summed E-state index contributed by atoms with van der Waals surface area (Å²) >= 11 is -1.68. The van der Waals surface area contributed by atoms with Crippen molar-refractivity contribution in [2.45, 2.75) is 0 Å². The second kappa shape index (κ2) is 9.44. The lowest BCUT2D eigenvalue weighted by atomic mass is 10.1. The van der Waals surface area contributed by atoms with Crippen molar-refractivity contribution in [1.29, 1.82) is 10.5 Å². The lowest BCUT2D eigenvalue weighted by Crippen LogP contribution is -2.11. The average Bonchev–Trinajstić information content (AvgIpc) is 2.65. The van der Waals surface area contributed by atoms with E-state index in [0.717, 1.165) is 18.2 Å². The first-order chi connectivity index (χ1) is 12.9. The van der Waals surface area contributed by atoms with Crippen molar-refractivity contribution >= 4 is 29.1 Å². The van der Waals surface area contributed by atoms with Crippen LogP contribution < -0.4 is 0 Å². The van der Waals surface area contributed by atoms with Gasteiger partial charge in [0.25, 0.3) is 0 Å². The minimum absolute atomic E-state index is 0.128. The van der Waals surface area contributed by atoms with Crippen molar-refractivity contribution in [2.24, 2.45) is 0 Å². The molecule has 0 bridgehead atoms. The molecule has 0 N–H and O–H groups in total. The minimum atomic E-state index is -1.68. The van der Waals surface area contributed by atoms with Crippen molar-refractivity contribution in [2.75, 3.05) is 5.75 Å². The number of rotatable bonds is 6. The van der Waals surface area contributed by atoms with Gasteiger partial charge in [-0.05, 0) is 53.7 Å². The van der Waals surface area contributed by atoms with Gasteiger partial charge in [0, 0.05) is 11.1 Å². The summed E-state index contributed by atoms with van der Waals surface area (Å²) in [4.78, 5) is 11.8. The van der Waals surface area contributed by atoms with Crippen LogP contribution in [0.3, 0.4) is 0 Å². The molecule has 0 aliphatic carbocycles. The molecule has 0 saturated carbocycles. The Morgan fingerprint density at radius 3 is 2.00 bits per heavy atom. The van der Waals surface area contributed by atoms with Crippen LogP contribution in [0.1, 0.15) is 22.3 Å². The van der Waals surface area contributed by atoms with Gasteiger partial charge in [-0.2, -0.15) is 10.5 Å². The molecule has 0 radical (unpaired) electrons. The summed E-state index contributed by atoms with van der Waals surface area (Å²) in [6, 6.07) is 11.3. The van der Waals surface area contributed by atoms with Gasteiger partial charge in [0.1, 0.15) is 17.0 Å². The van der Waals surface area contributed by atoms with Crippen molar-refractivity contribution in [3.8, 4) is 12.1 Å². The molecule has 27 heavy (non-hydrogen) atoms. The number of allylic oxidation sites excluding steroid dienone is 1. The van der Waals surface area contributed by atoms with Crippen LogP contribution in [0, 0.1) is 34.3 Å². The number of carbonyl (C=O) groups excluding carboxylic acids is 1. The number of nitriles is 2. The highest BCUT2D eigenvalue weighted by Crippen LogP contribution is 2.14. The summed E-state index contributed by atoms with van der Waals surface area (Å²) in [6.07, 6.45) is 3.60. The van der Waals surface area contributed by atoms with Crippen LogP contribution >= 0.6 is 0 Å². The molecule has 0 aliphatic heterocycles. The van der Waals surface area contributed by atoms with Gasteiger partial charge in [-0.1, -0.05) is 12.1 Å². The van der Waals surface area contributed by atoms with Gasteiger partial charge in [0.15, 0.2) is 5.75 Å². The maximum atomic E-state index is 13.7. The molecule has 2 aromatic carbocycles. The van der Waals surface area contributed by atoms with Crippen LogP contribution in [0.25, 0.3) is 12.2 Å². The molecule has 0 heterocycles. The second-order valence-electron chi connectivity index (χ2n) is 5.32. The monoisotopic (exact) mass is 382 g/mol. The highest BCUT2D eigenvalue weighted by molar-refractivity contribution is 7.95. The van der Waals surface area contributed by atoms with Gasteiger partial charge in [0.05, 0.1) is 23.3 Å². The van der Waals surface area contributed by atoms with Gasteiger partial charge in [0.2, 0.25) is 5.78 Å². The maximum absolute atomic E-state index is 13.7. The first kappa shape index (κ1) is 20.1. The van der Waals surface area contributed by atoms with Gasteiger partial charge in [-0.3, -0.25) is 4.79 Å². The Bertz CT molecular complexity index is 1000. The van der Waals surface area contributed by atoms with Crippen LogP contribution in [0.5, 0.6) is 0 Å². The Labute approximate surface area is 157 Å². The van der Waals surface area contributed by atoms with E-state index in [1.54, 1.807) is 12.1 Å². The standard InChI is InChI=1S/C20H12F2N2O2S/c21-19-9-14(11-23)1-3-16(19)5-6-18(25)13-27(26)8-7-17-4-2-15(12-24)10-20(17)22/h1-10H,13H2/b6-5-,8-7+. The van der Waals surface area contributed by atoms with Gasteiger partial charge in [-0.25, -0.2) is 8.78 Å². The molecule has 0 amide bonds. The first-order valence-corrected chi connectivity index (χ1v) is 8.96. The fourth-order valence-electron chi connectivity index (χ4n) is 2.03. The summed E-state index contributed by atoms with van der Waals surface area (Å²) in [5, 5.41) is 18.5. The Balaban J connectivity index is 1.97. The summed E-state index contributed by atoms with van der Waals surface area (Å²) in [6.45, 7) is 0. The van der Waals surface area contributed by atoms with Crippen LogP contribution in [0.15, 0.2) is 47.9 Å². The molecule has 0 saturated heterocycles. The summed E-state index contributed by atoms with van der Waals surface area (Å²) < 4.78 is 39.3. The third kappa shape index (κ3) is 5.89. The second-order valence-corrected chi connectivity index (χ2v) is 6.65. The molecule has 0 aromatic heterocycles. The third-order valence-electron chi connectivity index (χ3n) is 3.39. The molecule has 1 unspecified atom stereocenters. The number of hydrogen-bond donors (Lipinski definition) is 0. The highest BCUT2D eigenvalue weighted by atomic mass is 32.2. The predicted octanol–water partition coefficient (Wildman–Crippen LogP) is 3.71. The van der Waals surface area contributed by atoms with Gasteiger partial charge in [-0.15, -0.1) is 0 Å². The van der Waals surface area contributed by atoms with E-state index in [9.17, 15) is 18.1 Å². The van der Waals surface area contributed by atoms with Crippen molar-refractivity contribution in [3.05, 3.63) is 81.8 Å². The fraction of sp³-hybridized carbons (Fsp3) is 0.0500. The highest BCUT2D eigenvalue weighted by Gasteiger charge is 2.09. The van der Waals surface area contributed by atoms with E-state index in [1.807, 2.05) is 0 Å². The molecular weight excluding hydrogens is 370 g/mol. The van der Waals surface area contributed by atoms with Gasteiger partial charge < -0.3 is 4.55 Å². The van der Waals surface area contributed by atoms with E-state index < -0.39 is 28.6 Å². The van der Waals surface area contributed by atoms with Crippen LogP contribution in [-0.2, 0) is 16.0 Å². The van der Waals surface area contributed by atoms with Crippen molar-refractivity contribution in [1.82, 2.24) is 0 Å². The molecule has 2 aromatic rings. The van der Waals surface area contributed by atoms with E-state index in [4.69, 9.17) is 10.5 Å². The van der Waals surface area contributed by atoms with E-state index in [1.165, 1.54) is 41.8 Å². The first-order valence-electron chi connectivity index (χ1n) is 7.58. The molecule has 0 aliphatic rings. The van der Waals surface area contributed by atoms with E-state index in [-0.39, 0.29) is 28.0 Å². The predicted molar refractivity (Wildman–Crippen MR) is 98.3 cm³/mol. The summed E-state index contributed by atoms with van der Waals surface area (Å²) in [5.41, 5.74) is 0.603. The summed E-state index contributed by atoms with van der Waals surface area (Å²) in [7, 11) is 0. The summed E-state index contributed by atoms with van der Waals surface area (Å²) in [5.74, 6) is -2.12. The van der Waals surface area contributed by atoms with Crippen molar-refractivity contribution in [3.63, 3.8) is 0 Å². The van der Waals surface area contributed by atoms with Crippen LogP contribution in [-0.4, -0.2) is 16.1 Å². The zero-order valence-electron chi connectivity index (χ0n) is 13.9. The molecule has 7 heteroatoms. The topological polar surface area (TPSA) is 87.7 Å². The normalized spacial score (nSPS) is 12.0. The minimum Gasteiger partial charge on any atom is -0.612 e. The largest absolute Gasteiger partial charge is 0.612 e. The molecule has 4 nitrogen and oxygen atoms in total. The number of halogens is 2. The Morgan fingerprint density at radius 2 is 1.52 bits per heavy atom. The van der Waals surface area contributed by atoms with E-state index in [2.05, 4.69) is 0 Å². The average molecular weight is 382 g/mol. The lowest BCUT2D eigenvalue weighted by Gasteiger charge is -2.03. The molecule has 0 spiro atoms. The zero-order chi connectivity index (χ0) is 19.8. The van der Waals surface area contributed by atoms with E-state index >= 15 is 0 Å². The Morgan fingerprint density at radius 1 is 1.00 bits per heavy atom. The van der Waals surface area contributed by atoms with Crippen molar-refractivity contribution < 1.29 is 18.1 Å². The zero-order valence-corrected chi connectivity index (χ0v) is 14.7. The Hall–Kier alpha value is -3.26. The van der Waals surface area contributed by atoms with E-state index in [0.29, 0.717) is 0 Å². The quantitative estimate of drug-likeness (QED) is 0.563. The number of ketones is 1. The maximum Gasteiger partial charge on any atom is 0.205 e.